The van der Waals surface area contributed by atoms with Crippen molar-refractivity contribution >= 4 is 11.8 Å². The first-order valence-corrected chi connectivity index (χ1v) is 10.1. The molecule has 2 aromatic carbocycles. The summed E-state index contributed by atoms with van der Waals surface area (Å²) in [7, 11) is 1.64. The zero-order valence-electron chi connectivity index (χ0n) is 15.7. The van der Waals surface area contributed by atoms with Gasteiger partial charge in [-0.3, -0.25) is 4.57 Å². The number of thioether (sulfide) groups is 1. The molecule has 0 saturated carbocycles. The Balaban J connectivity index is 1.69. The van der Waals surface area contributed by atoms with E-state index in [1.165, 1.54) is 5.56 Å². The fraction of sp³-hybridized carbons (Fsp3) is 0.333. The molecule has 0 radical (unpaired) electrons. The highest BCUT2D eigenvalue weighted by Gasteiger charge is 2.20. The molecule has 0 saturated heterocycles. The van der Waals surface area contributed by atoms with Crippen molar-refractivity contribution in [2.24, 2.45) is 0 Å². The summed E-state index contributed by atoms with van der Waals surface area (Å²) in [4.78, 5) is 0. The molecule has 1 atom stereocenters. The molecule has 3 aromatic rings. The van der Waals surface area contributed by atoms with Gasteiger partial charge < -0.3 is 9.84 Å². The number of para-hydroxylation sites is 2. The first kappa shape index (κ1) is 19.5. The summed E-state index contributed by atoms with van der Waals surface area (Å²) in [5.41, 5.74) is 2.21. The van der Waals surface area contributed by atoms with Crippen LogP contribution in [-0.2, 0) is 6.42 Å². The van der Waals surface area contributed by atoms with Crippen LogP contribution in [0, 0.1) is 0 Å². The molecule has 142 valence electrons. The molecular formula is C21H25N3O2S. The van der Waals surface area contributed by atoms with Crippen LogP contribution in [0.5, 0.6) is 5.75 Å². The van der Waals surface area contributed by atoms with E-state index in [-0.39, 0.29) is 0 Å². The molecule has 6 heteroatoms. The van der Waals surface area contributed by atoms with E-state index in [4.69, 9.17) is 4.74 Å². The minimum Gasteiger partial charge on any atom is -0.495 e. The Labute approximate surface area is 164 Å². The lowest BCUT2D eigenvalue weighted by Crippen LogP contribution is -2.07. The Kier molecular flexibility index (Phi) is 6.90. The molecule has 1 heterocycles. The number of aromatic nitrogens is 3. The molecule has 1 unspecified atom stereocenters. The lowest BCUT2D eigenvalue weighted by Gasteiger charge is -2.14. The number of nitrogens with zero attached hydrogens (tertiary/aromatic N) is 3. The zero-order valence-corrected chi connectivity index (χ0v) is 16.5. The Morgan fingerprint density at radius 1 is 1.04 bits per heavy atom. The van der Waals surface area contributed by atoms with Crippen molar-refractivity contribution in [1.82, 2.24) is 14.8 Å². The molecule has 3 rings (SSSR count). The molecular weight excluding hydrogens is 358 g/mol. The summed E-state index contributed by atoms with van der Waals surface area (Å²) < 4.78 is 7.38. The van der Waals surface area contributed by atoms with Gasteiger partial charge in [0.1, 0.15) is 11.9 Å². The predicted molar refractivity (Wildman–Crippen MR) is 109 cm³/mol. The number of hydrogen-bond donors (Lipinski definition) is 1. The first-order chi connectivity index (χ1) is 13.2. The number of aryl methyl sites for hydroxylation is 1. The van der Waals surface area contributed by atoms with Crippen LogP contribution in [-0.4, -0.2) is 32.7 Å². The first-order valence-electron chi connectivity index (χ1n) is 9.14. The Hall–Kier alpha value is -2.31. The standard InChI is InChI=1S/C21H25N3O2S/c1-16(25)20-22-23-21(24(20)18-13-6-7-14-19(18)26-2)27-15-9-8-12-17-10-4-3-5-11-17/h3-7,10-11,13-14,16,25H,8-9,12,15H2,1-2H3. The van der Waals surface area contributed by atoms with Gasteiger partial charge >= 0.3 is 0 Å². The van der Waals surface area contributed by atoms with Gasteiger partial charge in [-0.25, -0.2) is 0 Å². The van der Waals surface area contributed by atoms with E-state index in [9.17, 15) is 5.11 Å². The van der Waals surface area contributed by atoms with Crippen LogP contribution in [0.4, 0.5) is 0 Å². The Morgan fingerprint density at radius 3 is 2.52 bits per heavy atom. The molecule has 0 spiro atoms. The van der Waals surface area contributed by atoms with Crippen LogP contribution in [0.2, 0.25) is 0 Å². The van der Waals surface area contributed by atoms with Gasteiger partial charge in [-0.05, 0) is 43.9 Å². The summed E-state index contributed by atoms with van der Waals surface area (Å²) in [6, 6.07) is 18.3. The molecule has 1 aromatic heterocycles. The summed E-state index contributed by atoms with van der Waals surface area (Å²) in [6.07, 6.45) is 2.58. The number of aliphatic hydroxyl groups excluding tert-OH is 1. The van der Waals surface area contributed by atoms with E-state index in [2.05, 4.69) is 34.5 Å². The summed E-state index contributed by atoms with van der Waals surface area (Å²) in [5, 5.41) is 19.4. The molecule has 0 aliphatic heterocycles. The van der Waals surface area contributed by atoms with Gasteiger partial charge in [-0.2, -0.15) is 0 Å². The third-order valence-electron chi connectivity index (χ3n) is 4.29. The number of hydrogen-bond acceptors (Lipinski definition) is 5. The van der Waals surface area contributed by atoms with Gasteiger partial charge in [-0.1, -0.05) is 54.2 Å². The van der Waals surface area contributed by atoms with Crippen LogP contribution in [0.25, 0.3) is 5.69 Å². The molecule has 0 amide bonds. The van der Waals surface area contributed by atoms with Crippen LogP contribution in [0.15, 0.2) is 59.8 Å². The van der Waals surface area contributed by atoms with E-state index < -0.39 is 6.10 Å². The van der Waals surface area contributed by atoms with Crippen molar-refractivity contribution in [3.63, 3.8) is 0 Å². The van der Waals surface area contributed by atoms with Crippen LogP contribution in [0.1, 0.15) is 37.3 Å². The number of methoxy groups -OCH3 is 1. The van der Waals surface area contributed by atoms with Crippen molar-refractivity contribution in [3.05, 3.63) is 66.0 Å². The highest BCUT2D eigenvalue weighted by Crippen LogP contribution is 2.30. The van der Waals surface area contributed by atoms with Crippen molar-refractivity contribution in [1.29, 1.82) is 0 Å². The van der Waals surface area contributed by atoms with Crippen molar-refractivity contribution in [2.45, 2.75) is 37.4 Å². The average Bonchev–Trinajstić information content (AvgIpc) is 3.12. The Morgan fingerprint density at radius 2 is 1.78 bits per heavy atom. The maximum atomic E-state index is 10.1. The highest BCUT2D eigenvalue weighted by atomic mass is 32.2. The smallest absolute Gasteiger partial charge is 0.196 e. The minimum absolute atomic E-state index is 0.520. The third-order valence-corrected chi connectivity index (χ3v) is 5.31. The normalized spacial score (nSPS) is 12.1. The number of rotatable bonds is 9. The fourth-order valence-electron chi connectivity index (χ4n) is 2.93. The van der Waals surface area contributed by atoms with Gasteiger partial charge in [0.05, 0.1) is 12.8 Å². The largest absolute Gasteiger partial charge is 0.495 e. The highest BCUT2D eigenvalue weighted by molar-refractivity contribution is 7.99. The van der Waals surface area contributed by atoms with Gasteiger partial charge in [0.25, 0.3) is 0 Å². The lowest BCUT2D eigenvalue weighted by molar-refractivity contribution is 0.186. The van der Waals surface area contributed by atoms with E-state index >= 15 is 0 Å². The SMILES string of the molecule is COc1ccccc1-n1c(SCCCCc2ccccc2)nnc1C(C)O. The number of ether oxygens (including phenoxy) is 1. The van der Waals surface area contributed by atoms with Gasteiger partial charge in [0.2, 0.25) is 0 Å². The van der Waals surface area contributed by atoms with Gasteiger partial charge in [-0.15, -0.1) is 10.2 Å². The average molecular weight is 384 g/mol. The predicted octanol–water partition coefficient (Wildman–Crippen LogP) is 4.44. The summed E-state index contributed by atoms with van der Waals surface area (Å²) in [5.74, 6) is 2.19. The van der Waals surface area contributed by atoms with Crippen LogP contribution in [0.3, 0.4) is 0 Å². The van der Waals surface area contributed by atoms with Gasteiger partial charge in [0.15, 0.2) is 11.0 Å². The van der Waals surface area contributed by atoms with Crippen molar-refractivity contribution < 1.29 is 9.84 Å². The molecule has 1 N–H and O–H groups in total. The number of aliphatic hydroxyl groups is 1. The van der Waals surface area contributed by atoms with E-state index in [1.54, 1.807) is 25.8 Å². The maximum absolute atomic E-state index is 10.1. The second-order valence-electron chi connectivity index (χ2n) is 6.32. The van der Waals surface area contributed by atoms with Crippen molar-refractivity contribution in [3.8, 4) is 11.4 Å². The second-order valence-corrected chi connectivity index (χ2v) is 7.38. The molecule has 0 aliphatic rings. The summed E-state index contributed by atoms with van der Waals surface area (Å²) >= 11 is 1.66. The van der Waals surface area contributed by atoms with Crippen LogP contribution < -0.4 is 4.74 Å². The number of benzene rings is 2. The van der Waals surface area contributed by atoms with E-state index in [0.717, 1.165) is 41.6 Å². The topological polar surface area (TPSA) is 60.2 Å². The lowest BCUT2D eigenvalue weighted by atomic mass is 10.1. The minimum atomic E-state index is -0.713. The molecule has 5 nitrogen and oxygen atoms in total. The maximum Gasteiger partial charge on any atom is 0.196 e. The van der Waals surface area contributed by atoms with E-state index in [1.807, 2.05) is 34.9 Å². The monoisotopic (exact) mass is 383 g/mol. The zero-order chi connectivity index (χ0) is 19.1. The molecule has 0 bridgehead atoms. The molecule has 0 fully saturated rings. The number of unbranched alkanes of at least 4 members (excludes halogenated alkanes) is 1. The third kappa shape index (κ3) is 4.90. The van der Waals surface area contributed by atoms with Crippen molar-refractivity contribution in [2.75, 3.05) is 12.9 Å². The summed E-state index contributed by atoms with van der Waals surface area (Å²) in [6.45, 7) is 1.70. The fourth-order valence-corrected chi connectivity index (χ4v) is 3.88. The van der Waals surface area contributed by atoms with E-state index in [0.29, 0.717) is 5.82 Å². The molecule has 0 aliphatic carbocycles. The molecule has 27 heavy (non-hydrogen) atoms. The second kappa shape index (κ2) is 9.58. The van der Waals surface area contributed by atoms with Crippen LogP contribution >= 0.6 is 11.8 Å². The van der Waals surface area contributed by atoms with Gasteiger partial charge in [0, 0.05) is 5.75 Å². The Bertz CT molecular complexity index is 850. The quantitative estimate of drug-likeness (QED) is 0.437.